The van der Waals surface area contributed by atoms with E-state index in [9.17, 15) is 0 Å². The molecule has 20 heavy (non-hydrogen) atoms. The molecule has 1 spiro atoms. The van der Waals surface area contributed by atoms with Crippen LogP contribution in [0, 0.1) is 0 Å². The van der Waals surface area contributed by atoms with E-state index in [1.807, 2.05) is 0 Å². The molecule has 2 saturated heterocycles. The Balaban J connectivity index is 1.61. The maximum Gasteiger partial charge on any atom is 0.0588 e. The summed E-state index contributed by atoms with van der Waals surface area (Å²) in [6.07, 6.45) is 12.7. The molecule has 3 aliphatic rings. The topological polar surface area (TPSA) is 24.5 Å². The lowest BCUT2D eigenvalue weighted by atomic mass is 9.78. The first-order valence-corrected chi connectivity index (χ1v) is 8.92. The maximum absolute atomic E-state index is 5.83. The molecular weight excluding hydrogens is 248 g/mol. The van der Waals surface area contributed by atoms with Crippen LogP contribution < -0.4 is 5.32 Å². The molecule has 0 radical (unpaired) electrons. The van der Waals surface area contributed by atoms with Gasteiger partial charge in [0.05, 0.1) is 6.10 Å². The summed E-state index contributed by atoms with van der Waals surface area (Å²) < 4.78 is 5.83. The second kappa shape index (κ2) is 6.76. The number of nitrogens with one attached hydrogen (secondary N) is 1. The Bertz CT molecular complexity index is 295. The number of nitrogens with zero attached hydrogens (tertiary/aromatic N) is 1. The minimum absolute atomic E-state index is 0.475. The number of hydrogen-bond donors (Lipinski definition) is 1. The van der Waals surface area contributed by atoms with Gasteiger partial charge in [-0.3, -0.25) is 4.90 Å². The summed E-state index contributed by atoms with van der Waals surface area (Å²) in [5, 5.41) is 3.81. The molecule has 0 aromatic heterocycles. The van der Waals surface area contributed by atoms with Crippen LogP contribution in [-0.4, -0.2) is 48.8 Å². The predicted octanol–water partition coefficient (Wildman–Crippen LogP) is 2.94. The molecule has 0 bridgehead atoms. The van der Waals surface area contributed by atoms with Crippen LogP contribution >= 0.6 is 0 Å². The molecule has 1 aliphatic carbocycles. The minimum Gasteiger partial charge on any atom is -0.378 e. The molecule has 0 aromatic carbocycles. The average Bonchev–Trinajstić information content (AvgIpc) is 3.01. The summed E-state index contributed by atoms with van der Waals surface area (Å²) in [7, 11) is 0. The van der Waals surface area contributed by atoms with Gasteiger partial charge in [-0.15, -0.1) is 0 Å². The number of piperazine rings is 1. The Kier molecular flexibility index (Phi) is 5.00. The van der Waals surface area contributed by atoms with E-state index in [1.165, 1.54) is 77.4 Å². The van der Waals surface area contributed by atoms with Gasteiger partial charge in [-0.2, -0.15) is 0 Å². The molecule has 3 rings (SSSR count). The molecule has 2 atom stereocenters. The Labute approximate surface area is 124 Å². The molecule has 0 amide bonds. The van der Waals surface area contributed by atoms with E-state index in [-0.39, 0.29) is 0 Å². The van der Waals surface area contributed by atoms with E-state index in [0.717, 1.165) is 6.61 Å². The summed E-state index contributed by atoms with van der Waals surface area (Å²) in [6, 6.07) is 0.701. The second-order valence-corrected chi connectivity index (χ2v) is 7.14. The van der Waals surface area contributed by atoms with E-state index in [0.29, 0.717) is 17.7 Å². The van der Waals surface area contributed by atoms with Crippen molar-refractivity contribution >= 4 is 0 Å². The molecule has 0 aromatic rings. The molecule has 3 nitrogen and oxygen atoms in total. The van der Waals surface area contributed by atoms with Gasteiger partial charge >= 0.3 is 0 Å². The second-order valence-electron chi connectivity index (χ2n) is 7.14. The quantitative estimate of drug-likeness (QED) is 0.857. The fraction of sp³-hybridized carbons (Fsp3) is 1.00. The monoisotopic (exact) mass is 280 g/mol. The molecule has 2 aliphatic heterocycles. The van der Waals surface area contributed by atoms with E-state index >= 15 is 0 Å². The first kappa shape index (κ1) is 14.8. The van der Waals surface area contributed by atoms with E-state index in [1.54, 1.807) is 0 Å². The number of rotatable bonds is 4. The highest BCUT2D eigenvalue weighted by Gasteiger charge is 2.41. The third-order valence-electron chi connectivity index (χ3n) is 5.85. The smallest absolute Gasteiger partial charge is 0.0588 e. The van der Waals surface area contributed by atoms with Crippen molar-refractivity contribution in [2.75, 3.05) is 26.2 Å². The van der Waals surface area contributed by atoms with Gasteiger partial charge in [0.25, 0.3) is 0 Å². The van der Waals surface area contributed by atoms with Gasteiger partial charge in [-0.1, -0.05) is 26.2 Å². The van der Waals surface area contributed by atoms with Crippen LogP contribution in [0.25, 0.3) is 0 Å². The molecule has 2 unspecified atom stereocenters. The zero-order valence-electron chi connectivity index (χ0n) is 13.2. The summed E-state index contributed by atoms with van der Waals surface area (Å²) in [4.78, 5) is 2.85. The summed E-state index contributed by atoms with van der Waals surface area (Å²) in [5.41, 5.74) is 0.475. The molecule has 1 N–H and O–H groups in total. The largest absolute Gasteiger partial charge is 0.378 e. The zero-order valence-corrected chi connectivity index (χ0v) is 13.2. The van der Waals surface area contributed by atoms with Gasteiger partial charge in [0.15, 0.2) is 0 Å². The standard InChI is InChI=1S/C17H32N2O/c1-2-15-13-19(11-8-16-7-6-12-20-16)17(14-18-15)9-4-3-5-10-17/h15-16,18H,2-14H2,1H3. The normalized spacial score (nSPS) is 34.6. The molecular formula is C17H32N2O. The van der Waals surface area contributed by atoms with Crippen molar-refractivity contribution in [3.8, 4) is 0 Å². The molecule has 1 saturated carbocycles. The first-order valence-electron chi connectivity index (χ1n) is 8.92. The van der Waals surface area contributed by atoms with Crippen molar-refractivity contribution < 1.29 is 4.74 Å². The lowest BCUT2D eigenvalue weighted by molar-refractivity contribution is -0.00352. The van der Waals surface area contributed by atoms with Crippen molar-refractivity contribution in [1.29, 1.82) is 0 Å². The summed E-state index contributed by atoms with van der Waals surface area (Å²) in [6.45, 7) is 7.03. The maximum atomic E-state index is 5.83. The predicted molar refractivity (Wildman–Crippen MR) is 83.1 cm³/mol. The van der Waals surface area contributed by atoms with Crippen molar-refractivity contribution in [3.63, 3.8) is 0 Å². The van der Waals surface area contributed by atoms with Gasteiger partial charge < -0.3 is 10.1 Å². The Morgan fingerprint density at radius 1 is 1.20 bits per heavy atom. The fourth-order valence-electron chi connectivity index (χ4n) is 4.45. The number of ether oxygens (including phenoxy) is 1. The van der Waals surface area contributed by atoms with E-state index in [4.69, 9.17) is 4.74 Å². The third-order valence-corrected chi connectivity index (χ3v) is 5.85. The van der Waals surface area contributed by atoms with Gasteiger partial charge in [-0.25, -0.2) is 0 Å². The van der Waals surface area contributed by atoms with Crippen molar-refractivity contribution in [2.24, 2.45) is 0 Å². The van der Waals surface area contributed by atoms with Crippen molar-refractivity contribution in [1.82, 2.24) is 10.2 Å². The molecule has 116 valence electrons. The lowest BCUT2D eigenvalue weighted by Gasteiger charge is -2.52. The fourth-order valence-corrected chi connectivity index (χ4v) is 4.45. The Hall–Kier alpha value is -0.120. The molecule has 3 heteroatoms. The van der Waals surface area contributed by atoms with Crippen LogP contribution in [0.1, 0.15) is 64.7 Å². The Morgan fingerprint density at radius 2 is 2.05 bits per heavy atom. The van der Waals surface area contributed by atoms with Crippen LogP contribution in [0.2, 0.25) is 0 Å². The SMILES string of the molecule is CCC1CN(CCC2CCCO2)C2(CCCCC2)CN1. The average molecular weight is 280 g/mol. The highest BCUT2D eigenvalue weighted by molar-refractivity contribution is 5.00. The highest BCUT2D eigenvalue weighted by Crippen LogP contribution is 2.36. The van der Waals surface area contributed by atoms with Gasteiger partial charge in [0.2, 0.25) is 0 Å². The van der Waals surface area contributed by atoms with Crippen LogP contribution in [-0.2, 0) is 4.74 Å². The highest BCUT2D eigenvalue weighted by atomic mass is 16.5. The van der Waals surface area contributed by atoms with Gasteiger partial charge in [-0.05, 0) is 38.5 Å². The van der Waals surface area contributed by atoms with Crippen LogP contribution in [0.4, 0.5) is 0 Å². The molecule has 3 fully saturated rings. The Morgan fingerprint density at radius 3 is 2.75 bits per heavy atom. The van der Waals surface area contributed by atoms with Crippen molar-refractivity contribution in [3.05, 3.63) is 0 Å². The van der Waals surface area contributed by atoms with Crippen LogP contribution in [0.5, 0.6) is 0 Å². The first-order chi connectivity index (χ1) is 9.82. The molecule has 2 heterocycles. The van der Waals surface area contributed by atoms with Crippen LogP contribution in [0.15, 0.2) is 0 Å². The zero-order chi connectivity index (χ0) is 13.8. The van der Waals surface area contributed by atoms with Gasteiger partial charge in [0.1, 0.15) is 0 Å². The van der Waals surface area contributed by atoms with Crippen LogP contribution in [0.3, 0.4) is 0 Å². The van der Waals surface area contributed by atoms with E-state index < -0.39 is 0 Å². The lowest BCUT2D eigenvalue weighted by Crippen LogP contribution is -2.65. The summed E-state index contributed by atoms with van der Waals surface area (Å²) in [5.74, 6) is 0. The third kappa shape index (κ3) is 3.20. The van der Waals surface area contributed by atoms with E-state index in [2.05, 4.69) is 17.1 Å². The number of hydrogen-bond acceptors (Lipinski definition) is 3. The van der Waals surface area contributed by atoms with Crippen molar-refractivity contribution in [2.45, 2.75) is 82.4 Å². The summed E-state index contributed by atoms with van der Waals surface area (Å²) >= 11 is 0. The van der Waals surface area contributed by atoms with Gasteiger partial charge in [0, 0.05) is 37.8 Å². The minimum atomic E-state index is 0.475.